The Labute approximate surface area is 137 Å². The SMILES string of the molecule is O=C(Nc1ccc(F)cc1F)NC1CCN(c2ccccc2)C1=O. The van der Waals surface area contributed by atoms with Crippen LogP contribution < -0.4 is 15.5 Å². The molecule has 0 aliphatic carbocycles. The summed E-state index contributed by atoms with van der Waals surface area (Å²) in [6, 6.07) is 10.6. The first-order chi connectivity index (χ1) is 11.5. The lowest BCUT2D eigenvalue weighted by atomic mass is 10.2. The van der Waals surface area contributed by atoms with Crippen LogP contribution in [0.5, 0.6) is 0 Å². The van der Waals surface area contributed by atoms with Crippen LogP contribution in [-0.2, 0) is 4.79 Å². The number of hydrogen-bond acceptors (Lipinski definition) is 2. The lowest BCUT2D eigenvalue weighted by molar-refractivity contribution is -0.118. The lowest BCUT2D eigenvalue weighted by Crippen LogP contribution is -2.43. The van der Waals surface area contributed by atoms with Gasteiger partial charge in [-0.3, -0.25) is 4.79 Å². The van der Waals surface area contributed by atoms with Crippen LogP contribution in [0, 0.1) is 11.6 Å². The standard InChI is InChI=1S/C17H15F2N3O2/c18-11-6-7-14(13(19)10-11)20-17(24)21-15-8-9-22(16(15)23)12-4-2-1-3-5-12/h1-7,10,15H,8-9H2,(H2,20,21,24). The van der Waals surface area contributed by atoms with Gasteiger partial charge in [0.25, 0.3) is 0 Å². The highest BCUT2D eigenvalue weighted by Gasteiger charge is 2.33. The second-order valence-electron chi connectivity index (χ2n) is 5.39. The second-order valence-corrected chi connectivity index (χ2v) is 5.39. The van der Waals surface area contributed by atoms with Crippen molar-refractivity contribution in [2.75, 3.05) is 16.8 Å². The fourth-order valence-corrected chi connectivity index (χ4v) is 2.59. The zero-order chi connectivity index (χ0) is 17.1. The fourth-order valence-electron chi connectivity index (χ4n) is 2.59. The number of hydrogen-bond donors (Lipinski definition) is 2. The van der Waals surface area contributed by atoms with Gasteiger partial charge in [0, 0.05) is 18.3 Å². The summed E-state index contributed by atoms with van der Waals surface area (Å²) in [5.74, 6) is -1.84. The van der Waals surface area contributed by atoms with Crippen molar-refractivity contribution in [3.05, 3.63) is 60.2 Å². The number of nitrogens with one attached hydrogen (secondary N) is 2. The molecule has 2 N–H and O–H groups in total. The highest BCUT2D eigenvalue weighted by atomic mass is 19.1. The van der Waals surface area contributed by atoms with Gasteiger partial charge in [0.15, 0.2) is 0 Å². The van der Waals surface area contributed by atoms with E-state index in [1.807, 2.05) is 30.3 Å². The summed E-state index contributed by atoms with van der Waals surface area (Å²) in [5.41, 5.74) is 0.607. The van der Waals surface area contributed by atoms with E-state index in [1.54, 1.807) is 4.90 Å². The molecule has 0 aromatic heterocycles. The van der Waals surface area contributed by atoms with Crippen LogP contribution in [0.3, 0.4) is 0 Å². The van der Waals surface area contributed by atoms with Crippen LogP contribution in [-0.4, -0.2) is 24.5 Å². The molecule has 1 unspecified atom stereocenters. The van der Waals surface area contributed by atoms with E-state index in [0.29, 0.717) is 19.0 Å². The molecule has 1 saturated heterocycles. The van der Waals surface area contributed by atoms with Gasteiger partial charge in [-0.2, -0.15) is 0 Å². The molecular weight excluding hydrogens is 316 g/mol. The van der Waals surface area contributed by atoms with E-state index in [-0.39, 0.29) is 11.6 Å². The molecular formula is C17H15F2N3O2. The molecule has 2 aromatic rings. The van der Waals surface area contributed by atoms with Gasteiger partial charge >= 0.3 is 6.03 Å². The summed E-state index contributed by atoms with van der Waals surface area (Å²) in [6.45, 7) is 0.485. The predicted octanol–water partition coefficient (Wildman–Crippen LogP) is 2.89. The third kappa shape index (κ3) is 3.34. The van der Waals surface area contributed by atoms with Gasteiger partial charge in [-0.05, 0) is 30.7 Å². The number of carbonyl (C=O) groups excluding carboxylic acids is 2. The highest BCUT2D eigenvalue weighted by molar-refractivity contribution is 6.02. The van der Waals surface area contributed by atoms with Crippen molar-refractivity contribution < 1.29 is 18.4 Å². The quantitative estimate of drug-likeness (QED) is 0.908. The van der Waals surface area contributed by atoms with E-state index >= 15 is 0 Å². The normalized spacial score (nSPS) is 17.0. The van der Waals surface area contributed by atoms with Crippen LogP contribution in [0.1, 0.15) is 6.42 Å². The number of urea groups is 1. The van der Waals surface area contributed by atoms with Gasteiger partial charge in [-0.25, -0.2) is 13.6 Å². The number of para-hydroxylation sites is 1. The summed E-state index contributed by atoms with van der Waals surface area (Å²) < 4.78 is 26.4. The number of benzene rings is 2. The molecule has 5 nitrogen and oxygen atoms in total. The average Bonchev–Trinajstić information content (AvgIpc) is 2.92. The fraction of sp³-hybridized carbons (Fsp3) is 0.176. The monoisotopic (exact) mass is 331 g/mol. The van der Waals surface area contributed by atoms with Crippen molar-refractivity contribution in [1.29, 1.82) is 0 Å². The molecule has 0 bridgehead atoms. The van der Waals surface area contributed by atoms with Gasteiger partial charge in [0.1, 0.15) is 17.7 Å². The lowest BCUT2D eigenvalue weighted by Gasteiger charge is -2.17. The van der Waals surface area contributed by atoms with Gasteiger partial charge in [-0.1, -0.05) is 18.2 Å². The first-order valence-electron chi connectivity index (χ1n) is 7.43. The van der Waals surface area contributed by atoms with E-state index in [4.69, 9.17) is 0 Å². The maximum atomic E-state index is 13.5. The third-order valence-electron chi connectivity index (χ3n) is 3.76. The van der Waals surface area contributed by atoms with E-state index in [0.717, 1.165) is 17.8 Å². The molecule has 1 heterocycles. The molecule has 1 aliphatic rings. The first kappa shape index (κ1) is 15.9. The van der Waals surface area contributed by atoms with Crippen LogP contribution in [0.2, 0.25) is 0 Å². The van der Waals surface area contributed by atoms with Crippen LogP contribution in [0.15, 0.2) is 48.5 Å². The second kappa shape index (κ2) is 6.66. The Morgan fingerprint density at radius 1 is 1.12 bits per heavy atom. The van der Waals surface area contributed by atoms with E-state index in [1.165, 1.54) is 0 Å². The summed E-state index contributed by atoms with van der Waals surface area (Å²) in [5, 5.41) is 4.79. The first-order valence-corrected chi connectivity index (χ1v) is 7.43. The Morgan fingerprint density at radius 2 is 1.88 bits per heavy atom. The largest absolute Gasteiger partial charge is 0.326 e. The van der Waals surface area contributed by atoms with Crippen molar-refractivity contribution in [3.63, 3.8) is 0 Å². The molecule has 1 atom stereocenters. The van der Waals surface area contributed by atoms with Gasteiger partial charge < -0.3 is 15.5 Å². The molecule has 24 heavy (non-hydrogen) atoms. The van der Waals surface area contributed by atoms with Crippen molar-refractivity contribution in [2.45, 2.75) is 12.5 Å². The summed E-state index contributed by atoms with van der Waals surface area (Å²) in [6.07, 6.45) is 0.451. The minimum Gasteiger partial charge on any atom is -0.326 e. The minimum atomic E-state index is -0.881. The average molecular weight is 331 g/mol. The van der Waals surface area contributed by atoms with E-state index in [9.17, 15) is 18.4 Å². The Bertz CT molecular complexity index is 768. The molecule has 3 rings (SSSR count). The van der Waals surface area contributed by atoms with Crippen molar-refractivity contribution in [3.8, 4) is 0 Å². The molecule has 1 aliphatic heterocycles. The Hall–Kier alpha value is -2.96. The molecule has 1 fully saturated rings. The maximum Gasteiger partial charge on any atom is 0.319 e. The molecule has 0 spiro atoms. The van der Waals surface area contributed by atoms with E-state index < -0.39 is 23.7 Å². The Morgan fingerprint density at radius 3 is 2.58 bits per heavy atom. The number of nitrogens with zero attached hydrogens (tertiary/aromatic N) is 1. The summed E-state index contributed by atoms with van der Waals surface area (Å²) in [7, 11) is 0. The molecule has 3 amide bonds. The maximum absolute atomic E-state index is 13.5. The zero-order valence-corrected chi connectivity index (χ0v) is 12.6. The molecule has 7 heteroatoms. The Kier molecular flexibility index (Phi) is 4.41. The van der Waals surface area contributed by atoms with Gasteiger partial charge in [0.2, 0.25) is 5.91 Å². The summed E-state index contributed by atoms with van der Waals surface area (Å²) >= 11 is 0. The zero-order valence-electron chi connectivity index (χ0n) is 12.6. The number of rotatable bonds is 3. The van der Waals surface area contributed by atoms with Crippen LogP contribution >= 0.6 is 0 Å². The van der Waals surface area contributed by atoms with Crippen LogP contribution in [0.25, 0.3) is 0 Å². The highest BCUT2D eigenvalue weighted by Crippen LogP contribution is 2.21. The van der Waals surface area contributed by atoms with Crippen molar-refractivity contribution in [1.82, 2.24) is 5.32 Å². The van der Waals surface area contributed by atoms with Crippen molar-refractivity contribution in [2.24, 2.45) is 0 Å². The number of halogens is 2. The predicted molar refractivity (Wildman–Crippen MR) is 85.7 cm³/mol. The molecule has 2 aromatic carbocycles. The third-order valence-corrected chi connectivity index (χ3v) is 3.76. The minimum absolute atomic E-state index is 0.153. The number of anilines is 2. The molecule has 0 saturated carbocycles. The number of carbonyl (C=O) groups is 2. The number of amides is 3. The van der Waals surface area contributed by atoms with E-state index in [2.05, 4.69) is 10.6 Å². The molecule has 124 valence electrons. The van der Waals surface area contributed by atoms with Gasteiger partial charge in [0.05, 0.1) is 5.69 Å². The van der Waals surface area contributed by atoms with Crippen molar-refractivity contribution >= 4 is 23.3 Å². The Balaban J connectivity index is 1.62. The molecule has 0 radical (unpaired) electrons. The topological polar surface area (TPSA) is 61.4 Å². The van der Waals surface area contributed by atoms with Crippen LogP contribution in [0.4, 0.5) is 25.0 Å². The van der Waals surface area contributed by atoms with Gasteiger partial charge in [-0.15, -0.1) is 0 Å². The summed E-state index contributed by atoms with van der Waals surface area (Å²) in [4.78, 5) is 25.9. The smallest absolute Gasteiger partial charge is 0.319 e.